The maximum atomic E-state index is 11.0. The Bertz CT molecular complexity index is 316. The molecule has 0 aromatic rings. The fourth-order valence-electron chi connectivity index (χ4n) is 3.22. The Labute approximate surface area is 113 Å². The normalized spacial score (nSPS) is 28.8. The van der Waals surface area contributed by atoms with Crippen molar-refractivity contribution in [1.82, 2.24) is 9.80 Å². The molecule has 2 fully saturated rings. The Kier molecular flexibility index (Phi) is 4.76. The molecule has 6 nitrogen and oxygen atoms in total. The fraction of sp³-hybridized carbons (Fsp3) is 0.846. The Hall–Kier alpha value is -1.14. The third-order valence-electron chi connectivity index (χ3n) is 4.19. The molecule has 0 aliphatic carbocycles. The van der Waals surface area contributed by atoms with E-state index in [1.807, 2.05) is 9.80 Å². The van der Waals surface area contributed by atoms with Crippen LogP contribution < -0.4 is 0 Å². The van der Waals surface area contributed by atoms with E-state index in [-0.39, 0.29) is 12.1 Å². The third-order valence-corrected chi connectivity index (χ3v) is 4.19. The van der Waals surface area contributed by atoms with Gasteiger partial charge in [0.25, 0.3) is 0 Å². The lowest BCUT2D eigenvalue weighted by Gasteiger charge is -2.24. The van der Waals surface area contributed by atoms with Crippen molar-refractivity contribution in [2.45, 2.75) is 44.2 Å². The van der Waals surface area contributed by atoms with Crippen LogP contribution in [0.2, 0.25) is 0 Å². The van der Waals surface area contributed by atoms with E-state index in [0.29, 0.717) is 0 Å². The molecule has 2 atom stereocenters. The summed E-state index contributed by atoms with van der Waals surface area (Å²) in [7, 11) is 0. The highest BCUT2D eigenvalue weighted by atomic mass is 16.4. The summed E-state index contributed by atoms with van der Waals surface area (Å²) >= 11 is 0. The monoisotopic (exact) mass is 270 g/mol. The lowest BCUT2D eigenvalue weighted by molar-refractivity contribution is -0.142. The minimum atomic E-state index is -0.734. The second-order valence-electron chi connectivity index (χ2n) is 5.42. The summed E-state index contributed by atoms with van der Waals surface area (Å²) < 4.78 is 0. The second kappa shape index (κ2) is 6.34. The number of aliphatic carboxylic acids is 2. The average Bonchev–Trinajstić information content (AvgIpc) is 2.96. The van der Waals surface area contributed by atoms with E-state index >= 15 is 0 Å². The quantitative estimate of drug-likeness (QED) is 0.730. The second-order valence-corrected chi connectivity index (χ2v) is 5.42. The molecule has 19 heavy (non-hydrogen) atoms. The van der Waals surface area contributed by atoms with E-state index in [4.69, 9.17) is 10.2 Å². The van der Waals surface area contributed by atoms with Gasteiger partial charge < -0.3 is 10.2 Å². The molecular formula is C13H22N2O4. The molecular weight excluding hydrogens is 248 g/mol. The zero-order valence-electron chi connectivity index (χ0n) is 11.1. The predicted molar refractivity (Wildman–Crippen MR) is 69.1 cm³/mol. The Balaban J connectivity index is 1.74. The van der Waals surface area contributed by atoms with Crippen molar-refractivity contribution in [2.24, 2.45) is 0 Å². The van der Waals surface area contributed by atoms with E-state index < -0.39 is 11.9 Å². The number of carbonyl (C=O) groups is 2. The molecule has 0 saturated carbocycles. The van der Waals surface area contributed by atoms with Gasteiger partial charge in [0.05, 0.1) is 0 Å². The lowest BCUT2D eigenvalue weighted by atomic mass is 10.2. The van der Waals surface area contributed by atoms with Crippen LogP contribution in [-0.2, 0) is 9.59 Å². The van der Waals surface area contributed by atoms with Crippen molar-refractivity contribution in [3.05, 3.63) is 0 Å². The SMILES string of the molecule is O=C(O)[C@@H]1CCCN1CCCN1CCC[C@H]1C(=O)O. The summed E-state index contributed by atoms with van der Waals surface area (Å²) in [4.78, 5) is 26.1. The number of hydrogen-bond donors (Lipinski definition) is 2. The summed E-state index contributed by atoms with van der Waals surface area (Å²) in [6.07, 6.45) is 4.19. The third kappa shape index (κ3) is 3.45. The van der Waals surface area contributed by atoms with E-state index in [9.17, 15) is 9.59 Å². The first-order valence-electron chi connectivity index (χ1n) is 7.03. The van der Waals surface area contributed by atoms with Gasteiger partial charge in [-0.1, -0.05) is 0 Å². The standard InChI is InChI=1S/C13H22N2O4/c16-12(17)10-4-1-6-14(10)8-3-9-15-7-2-5-11(15)13(18)19/h10-11H,1-9H2,(H,16,17)(H,18,19)/t10-,11-/m0/s1. The molecule has 2 rings (SSSR count). The number of carboxylic acids is 2. The fourth-order valence-corrected chi connectivity index (χ4v) is 3.22. The van der Waals surface area contributed by atoms with Crippen LogP contribution in [0, 0.1) is 0 Å². The first-order valence-corrected chi connectivity index (χ1v) is 7.03. The topological polar surface area (TPSA) is 81.1 Å². The van der Waals surface area contributed by atoms with Gasteiger partial charge in [-0.2, -0.15) is 0 Å². The smallest absolute Gasteiger partial charge is 0.320 e. The molecule has 2 aliphatic rings. The number of hydrogen-bond acceptors (Lipinski definition) is 4. The number of likely N-dealkylation sites (tertiary alicyclic amines) is 2. The van der Waals surface area contributed by atoms with Gasteiger partial charge in [-0.3, -0.25) is 19.4 Å². The van der Waals surface area contributed by atoms with Crippen molar-refractivity contribution in [1.29, 1.82) is 0 Å². The van der Waals surface area contributed by atoms with Crippen LogP contribution in [0.1, 0.15) is 32.1 Å². The lowest BCUT2D eigenvalue weighted by Crippen LogP contribution is -2.40. The van der Waals surface area contributed by atoms with Gasteiger partial charge in [-0.25, -0.2) is 0 Å². The van der Waals surface area contributed by atoms with Crippen molar-refractivity contribution in [3.63, 3.8) is 0 Å². The van der Waals surface area contributed by atoms with E-state index in [0.717, 1.165) is 58.3 Å². The number of nitrogens with zero attached hydrogens (tertiary/aromatic N) is 2. The molecule has 0 radical (unpaired) electrons. The molecule has 0 amide bonds. The van der Waals surface area contributed by atoms with Crippen LogP contribution in [0.4, 0.5) is 0 Å². The van der Waals surface area contributed by atoms with Gasteiger partial charge in [-0.05, 0) is 45.2 Å². The van der Waals surface area contributed by atoms with Gasteiger partial charge in [0.15, 0.2) is 0 Å². The summed E-state index contributed by atoms with van der Waals surface area (Å²) in [6.45, 7) is 3.19. The minimum absolute atomic E-state index is 0.339. The highest BCUT2D eigenvalue weighted by Crippen LogP contribution is 2.20. The Morgan fingerprint density at radius 2 is 1.32 bits per heavy atom. The van der Waals surface area contributed by atoms with E-state index in [1.54, 1.807) is 0 Å². The van der Waals surface area contributed by atoms with Gasteiger partial charge in [0.2, 0.25) is 0 Å². The Morgan fingerprint density at radius 1 is 0.895 bits per heavy atom. The molecule has 2 saturated heterocycles. The van der Waals surface area contributed by atoms with Crippen LogP contribution in [-0.4, -0.2) is 70.2 Å². The van der Waals surface area contributed by atoms with Gasteiger partial charge in [0.1, 0.15) is 12.1 Å². The molecule has 2 N–H and O–H groups in total. The van der Waals surface area contributed by atoms with Crippen LogP contribution in [0.3, 0.4) is 0 Å². The Morgan fingerprint density at radius 3 is 1.68 bits per heavy atom. The van der Waals surface area contributed by atoms with Crippen LogP contribution in [0.25, 0.3) is 0 Å². The molecule has 0 unspecified atom stereocenters. The number of carboxylic acid groups (broad SMARTS) is 2. The first kappa shape index (κ1) is 14.3. The molecule has 0 aromatic carbocycles. The summed E-state index contributed by atoms with van der Waals surface area (Å²) in [5.74, 6) is -1.47. The van der Waals surface area contributed by atoms with Crippen molar-refractivity contribution in [3.8, 4) is 0 Å². The van der Waals surface area contributed by atoms with Crippen LogP contribution in [0.15, 0.2) is 0 Å². The summed E-state index contributed by atoms with van der Waals surface area (Å²) in [5.41, 5.74) is 0. The molecule has 0 aromatic heterocycles. The summed E-state index contributed by atoms with van der Waals surface area (Å²) in [5, 5.41) is 18.2. The maximum absolute atomic E-state index is 11.0. The molecule has 108 valence electrons. The highest BCUT2D eigenvalue weighted by molar-refractivity contribution is 5.74. The van der Waals surface area contributed by atoms with Crippen LogP contribution in [0.5, 0.6) is 0 Å². The first-order chi connectivity index (χ1) is 9.09. The molecule has 2 heterocycles. The van der Waals surface area contributed by atoms with Gasteiger partial charge in [-0.15, -0.1) is 0 Å². The zero-order valence-corrected chi connectivity index (χ0v) is 11.1. The highest BCUT2D eigenvalue weighted by Gasteiger charge is 2.32. The largest absolute Gasteiger partial charge is 0.480 e. The van der Waals surface area contributed by atoms with E-state index in [2.05, 4.69) is 0 Å². The van der Waals surface area contributed by atoms with Crippen LogP contribution >= 0.6 is 0 Å². The van der Waals surface area contributed by atoms with Gasteiger partial charge in [0, 0.05) is 13.1 Å². The van der Waals surface area contributed by atoms with E-state index in [1.165, 1.54) is 0 Å². The molecule has 0 spiro atoms. The predicted octanol–water partition coefficient (Wildman–Crippen LogP) is 0.475. The van der Waals surface area contributed by atoms with Crippen molar-refractivity contribution in [2.75, 3.05) is 26.2 Å². The van der Waals surface area contributed by atoms with Gasteiger partial charge >= 0.3 is 11.9 Å². The summed E-state index contributed by atoms with van der Waals surface area (Å²) in [6, 6.07) is -0.678. The molecule has 6 heteroatoms. The maximum Gasteiger partial charge on any atom is 0.320 e. The zero-order chi connectivity index (χ0) is 13.8. The average molecular weight is 270 g/mol. The molecule has 2 aliphatic heterocycles. The van der Waals surface area contributed by atoms with Crippen molar-refractivity contribution >= 4 is 11.9 Å². The number of rotatable bonds is 6. The minimum Gasteiger partial charge on any atom is -0.480 e. The van der Waals surface area contributed by atoms with Crippen molar-refractivity contribution < 1.29 is 19.8 Å². The molecule has 0 bridgehead atoms.